The van der Waals surface area contributed by atoms with E-state index in [1.54, 1.807) is 0 Å². The van der Waals surface area contributed by atoms with Crippen molar-refractivity contribution in [1.82, 2.24) is 5.32 Å². The molecule has 1 saturated heterocycles. The van der Waals surface area contributed by atoms with E-state index in [2.05, 4.69) is 25.4 Å². The Hall–Kier alpha value is 0.310. The maximum atomic E-state index is 3.57. The van der Waals surface area contributed by atoms with Crippen LogP contribution < -0.4 is 5.32 Å². The first-order valence-electron chi connectivity index (χ1n) is 4.59. The van der Waals surface area contributed by atoms with Crippen LogP contribution in [-0.2, 0) is 0 Å². The summed E-state index contributed by atoms with van der Waals surface area (Å²) in [6, 6.07) is 0. The zero-order valence-corrected chi connectivity index (χ0v) is 8.58. The lowest BCUT2D eigenvalue weighted by Crippen LogP contribution is -2.22. The summed E-state index contributed by atoms with van der Waals surface area (Å²) in [4.78, 5) is 0. The molecule has 1 aliphatic rings. The molecular formula is C9H19NS. The van der Waals surface area contributed by atoms with E-state index in [0.29, 0.717) is 0 Å². The van der Waals surface area contributed by atoms with Crippen molar-refractivity contribution in [2.24, 2.45) is 11.8 Å². The van der Waals surface area contributed by atoms with Gasteiger partial charge in [-0.1, -0.05) is 26.7 Å². The van der Waals surface area contributed by atoms with E-state index in [9.17, 15) is 0 Å². The molecule has 2 unspecified atom stereocenters. The molecule has 1 heterocycles. The quantitative estimate of drug-likeness (QED) is 0.703. The van der Waals surface area contributed by atoms with Crippen LogP contribution in [0.1, 0.15) is 26.7 Å². The third-order valence-corrected chi connectivity index (χ3v) is 3.85. The van der Waals surface area contributed by atoms with E-state index in [1.165, 1.54) is 19.4 Å². The first-order valence-corrected chi connectivity index (χ1v) is 5.88. The fourth-order valence-electron chi connectivity index (χ4n) is 2.07. The first-order chi connectivity index (χ1) is 5.33. The Morgan fingerprint density at radius 2 is 2.09 bits per heavy atom. The monoisotopic (exact) mass is 173 g/mol. The Morgan fingerprint density at radius 3 is 2.55 bits per heavy atom. The molecule has 11 heavy (non-hydrogen) atoms. The zero-order valence-electron chi connectivity index (χ0n) is 7.76. The predicted octanol–water partition coefficient (Wildman–Crippen LogP) is 2.33. The topological polar surface area (TPSA) is 12.0 Å². The molecule has 0 bridgehead atoms. The Bertz CT molecular complexity index is 104. The van der Waals surface area contributed by atoms with E-state index in [-0.39, 0.29) is 0 Å². The van der Waals surface area contributed by atoms with Crippen molar-refractivity contribution < 1.29 is 0 Å². The second-order valence-corrected chi connectivity index (χ2v) is 4.28. The fourth-order valence-corrected chi connectivity index (χ4v) is 3.10. The third-order valence-electron chi connectivity index (χ3n) is 2.83. The van der Waals surface area contributed by atoms with Crippen molar-refractivity contribution in [3.05, 3.63) is 0 Å². The number of rotatable bonds is 3. The summed E-state index contributed by atoms with van der Waals surface area (Å²) in [7, 11) is 0. The van der Waals surface area contributed by atoms with Gasteiger partial charge in [0, 0.05) is 0 Å². The lowest BCUT2D eigenvalue weighted by Gasteiger charge is -2.19. The summed E-state index contributed by atoms with van der Waals surface area (Å²) < 4.78 is 0. The van der Waals surface area contributed by atoms with E-state index < -0.39 is 0 Å². The molecule has 2 heteroatoms. The van der Waals surface area contributed by atoms with E-state index in [0.717, 1.165) is 17.2 Å². The maximum absolute atomic E-state index is 3.57. The molecule has 0 radical (unpaired) electrons. The van der Waals surface area contributed by atoms with Crippen molar-refractivity contribution in [3.63, 3.8) is 0 Å². The van der Waals surface area contributed by atoms with Gasteiger partial charge in [-0.2, -0.15) is 0 Å². The summed E-state index contributed by atoms with van der Waals surface area (Å²) in [5, 5.41) is 4.30. The molecule has 1 N–H and O–H groups in total. The number of thioether (sulfide) groups is 1. The molecular weight excluding hydrogens is 154 g/mol. The molecule has 1 aliphatic heterocycles. The van der Waals surface area contributed by atoms with Gasteiger partial charge in [0.1, 0.15) is 0 Å². The van der Waals surface area contributed by atoms with Gasteiger partial charge in [0.25, 0.3) is 0 Å². The fraction of sp³-hybridized carbons (Fsp3) is 1.00. The van der Waals surface area contributed by atoms with Crippen LogP contribution >= 0.6 is 11.8 Å². The van der Waals surface area contributed by atoms with Gasteiger partial charge in [-0.3, -0.25) is 0 Å². The van der Waals surface area contributed by atoms with E-state index in [4.69, 9.17) is 0 Å². The third kappa shape index (κ3) is 1.91. The minimum absolute atomic E-state index is 0.727. The Labute approximate surface area is 74.3 Å². The van der Waals surface area contributed by atoms with Crippen molar-refractivity contribution in [3.8, 4) is 0 Å². The zero-order chi connectivity index (χ0) is 8.27. The van der Waals surface area contributed by atoms with Crippen LogP contribution in [0.2, 0.25) is 0 Å². The minimum atomic E-state index is 0.727. The largest absolute Gasteiger partial charge is 0.305 e. The van der Waals surface area contributed by atoms with Gasteiger partial charge in [-0.05, 0) is 24.6 Å². The van der Waals surface area contributed by atoms with Gasteiger partial charge < -0.3 is 5.32 Å². The van der Waals surface area contributed by atoms with Crippen LogP contribution in [0.15, 0.2) is 0 Å². The lowest BCUT2D eigenvalue weighted by atomic mass is 9.91. The first kappa shape index (κ1) is 9.40. The van der Waals surface area contributed by atoms with Gasteiger partial charge in [-0.15, -0.1) is 11.8 Å². The average molecular weight is 173 g/mol. The molecule has 0 aromatic rings. The predicted molar refractivity (Wildman–Crippen MR) is 52.9 cm³/mol. The van der Waals surface area contributed by atoms with Crippen LogP contribution in [0.4, 0.5) is 0 Å². The number of hydrogen-bond acceptors (Lipinski definition) is 2. The van der Waals surface area contributed by atoms with Gasteiger partial charge in [0.15, 0.2) is 0 Å². The molecule has 1 nitrogen and oxygen atoms in total. The van der Waals surface area contributed by atoms with Gasteiger partial charge >= 0.3 is 0 Å². The summed E-state index contributed by atoms with van der Waals surface area (Å²) in [5.74, 6) is 1.84. The van der Waals surface area contributed by atoms with Gasteiger partial charge in [-0.25, -0.2) is 0 Å². The molecule has 1 fully saturated rings. The molecule has 0 saturated carbocycles. The lowest BCUT2D eigenvalue weighted by molar-refractivity contribution is 0.386. The second kappa shape index (κ2) is 4.36. The number of hydrogen-bond donors (Lipinski definition) is 1. The highest BCUT2D eigenvalue weighted by atomic mass is 32.2. The summed E-state index contributed by atoms with van der Waals surface area (Å²) in [6.45, 7) is 5.85. The van der Waals surface area contributed by atoms with Gasteiger partial charge in [0.05, 0.1) is 5.37 Å². The molecule has 0 aliphatic carbocycles. The average Bonchev–Trinajstić information content (AvgIpc) is 2.45. The SMILES string of the molecule is CCC1CN[C@@H](SC)C1CC. The highest BCUT2D eigenvalue weighted by Gasteiger charge is 2.32. The van der Waals surface area contributed by atoms with Crippen LogP contribution in [-0.4, -0.2) is 18.2 Å². The molecule has 0 aromatic carbocycles. The highest BCUT2D eigenvalue weighted by molar-refractivity contribution is 7.99. The molecule has 0 amide bonds. The number of nitrogens with one attached hydrogen (secondary N) is 1. The van der Waals surface area contributed by atoms with E-state index >= 15 is 0 Å². The smallest absolute Gasteiger partial charge is 0.0561 e. The Balaban J connectivity index is 2.48. The molecule has 3 atom stereocenters. The normalized spacial score (nSPS) is 37.9. The Morgan fingerprint density at radius 1 is 1.36 bits per heavy atom. The standard InChI is InChI=1S/C9H19NS/c1-4-7-6-10-9(11-3)8(7)5-2/h7-10H,4-6H2,1-3H3/t7?,8?,9-/m0/s1. The molecule has 0 spiro atoms. The summed E-state index contributed by atoms with van der Waals surface area (Å²) in [6.07, 6.45) is 4.87. The Kier molecular flexibility index (Phi) is 3.73. The van der Waals surface area contributed by atoms with Crippen molar-refractivity contribution in [2.45, 2.75) is 32.1 Å². The van der Waals surface area contributed by atoms with E-state index in [1.807, 2.05) is 11.8 Å². The van der Waals surface area contributed by atoms with Crippen LogP contribution in [0.3, 0.4) is 0 Å². The maximum Gasteiger partial charge on any atom is 0.0561 e. The van der Waals surface area contributed by atoms with Crippen molar-refractivity contribution in [2.75, 3.05) is 12.8 Å². The highest BCUT2D eigenvalue weighted by Crippen LogP contribution is 2.32. The molecule has 66 valence electrons. The van der Waals surface area contributed by atoms with Gasteiger partial charge in [0.2, 0.25) is 0 Å². The molecule has 1 rings (SSSR count). The minimum Gasteiger partial charge on any atom is -0.305 e. The second-order valence-electron chi connectivity index (χ2n) is 3.30. The van der Waals surface area contributed by atoms with Crippen molar-refractivity contribution in [1.29, 1.82) is 0 Å². The van der Waals surface area contributed by atoms with Crippen LogP contribution in [0, 0.1) is 11.8 Å². The van der Waals surface area contributed by atoms with Crippen LogP contribution in [0.5, 0.6) is 0 Å². The van der Waals surface area contributed by atoms with Crippen molar-refractivity contribution >= 4 is 11.8 Å². The summed E-state index contributed by atoms with van der Waals surface area (Å²) in [5.41, 5.74) is 0. The summed E-state index contributed by atoms with van der Waals surface area (Å²) >= 11 is 1.97. The van der Waals surface area contributed by atoms with Crippen LogP contribution in [0.25, 0.3) is 0 Å². The molecule has 0 aromatic heterocycles.